The highest BCUT2D eigenvalue weighted by Crippen LogP contribution is 2.13. The van der Waals surface area contributed by atoms with Crippen molar-refractivity contribution in [1.29, 1.82) is 5.26 Å². The van der Waals surface area contributed by atoms with Crippen LogP contribution in [-0.2, 0) is 10.8 Å². The molecule has 1 fully saturated rings. The molecule has 0 amide bonds. The molecule has 2 rings (SSSR count). The lowest BCUT2D eigenvalue weighted by molar-refractivity contribution is 0.641. The Morgan fingerprint density at radius 2 is 2.56 bits per heavy atom. The van der Waals surface area contributed by atoms with E-state index in [-0.39, 0.29) is 0 Å². The second-order valence-corrected chi connectivity index (χ2v) is 5.18. The molecule has 1 aliphatic rings. The summed E-state index contributed by atoms with van der Waals surface area (Å²) in [5.74, 6) is 0.547. The lowest BCUT2D eigenvalue weighted by atomic mass is 10.3. The van der Waals surface area contributed by atoms with Crippen LogP contribution in [0.2, 0.25) is 0 Å². The van der Waals surface area contributed by atoms with Gasteiger partial charge in [0.25, 0.3) is 0 Å². The Morgan fingerprint density at radius 1 is 1.69 bits per heavy atom. The molecule has 1 aliphatic heterocycles. The van der Waals surface area contributed by atoms with Crippen LogP contribution in [0.5, 0.6) is 0 Å². The van der Waals surface area contributed by atoms with Gasteiger partial charge in [0.05, 0.1) is 16.4 Å². The van der Waals surface area contributed by atoms with E-state index in [1.165, 1.54) is 0 Å². The van der Waals surface area contributed by atoms with E-state index in [4.69, 9.17) is 5.26 Å². The number of hydrogen-bond donors (Lipinski definition) is 1. The van der Waals surface area contributed by atoms with Gasteiger partial charge < -0.3 is 5.32 Å². The van der Waals surface area contributed by atoms with E-state index in [1.54, 1.807) is 18.3 Å². The summed E-state index contributed by atoms with van der Waals surface area (Å²) in [4.78, 5) is 4.04. The Kier molecular flexibility index (Phi) is 3.65. The van der Waals surface area contributed by atoms with Crippen LogP contribution >= 0.6 is 0 Å². The molecule has 0 aliphatic carbocycles. The molecule has 0 saturated carbocycles. The predicted octanol–water partition coefficient (Wildman–Crippen LogP) is 0.813. The topological polar surface area (TPSA) is 65.8 Å². The third kappa shape index (κ3) is 2.46. The Hall–Kier alpha value is -1.25. The summed E-state index contributed by atoms with van der Waals surface area (Å²) in [5, 5.41) is 12.6. The lowest BCUT2D eigenvalue weighted by Crippen LogP contribution is -2.28. The standard InChI is InChI=1S/C11H13N3OS/c12-7-9-3-1-6-14-11(9)16(15)8-10-4-2-5-13-10/h1,3,6,10,13H,2,4-5,8H2/t10-,16+/m1/s1. The fourth-order valence-electron chi connectivity index (χ4n) is 1.82. The molecule has 1 aromatic rings. The van der Waals surface area contributed by atoms with Crippen molar-refractivity contribution in [2.75, 3.05) is 12.3 Å². The second kappa shape index (κ2) is 5.19. The van der Waals surface area contributed by atoms with Crippen molar-refractivity contribution in [2.24, 2.45) is 0 Å². The van der Waals surface area contributed by atoms with Crippen molar-refractivity contribution in [3.8, 4) is 6.07 Å². The fraction of sp³-hybridized carbons (Fsp3) is 0.455. The quantitative estimate of drug-likeness (QED) is 0.842. The fourth-order valence-corrected chi connectivity index (χ4v) is 3.16. The van der Waals surface area contributed by atoms with E-state index >= 15 is 0 Å². The number of aromatic nitrogens is 1. The van der Waals surface area contributed by atoms with Crippen LogP contribution in [-0.4, -0.2) is 27.5 Å². The SMILES string of the molecule is N#Cc1cccnc1[S@@](=O)C[C@H]1CCCN1. The van der Waals surface area contributed by atoms with Crippen LogP contribution in [0.15, 0.2) is 23.4 Å². The highest BCUT2D eigenvalue weighted by atomic mass is 32.2. The monoisotopic (exact) mass is 235 g/mol. The molecule has 0 bridgehead atoms. The summed E-state index contributed by atoms with van der Waals surface area (Å²) in [5.41, 5.74) is 0.416. The zero-order valence-electron chi connectivity index (χ0n) is 8.85. The van der Waals surface area contributed by atoms with E-state index < -0.39 is 10.8 Å². The Labute approximate surface area is 97.2 Å². The average molecular weight is 235 g/mol. The van der Waals surface area contributed by atoms with Gasteiger partial charge in [0.15, 0.2) is 0 Å². The van der Waals surface area contributed by atoms with Gasteiger partial charge in [-0.1, -0.05) is 0 Å². The molecule has 84 valence electrons. The molecule has 16 heavy (non-hydrogen) atoms. The number of rotatable bonds is 3. The number of hydrogen-bond acceptors (Lipinski definition) is 4. The minimum absolute atomic E-state index is 0.300. The minimum atomic E-state index is -1.18. The largest absolute Gasteiger partial charge is 0.313 e. The van der Waals surface area contributed by atoms with Crippen molar-refractivity contribution in [3.05, 3.63) is 23.9 Å². The van der Waals surface area contributed by atoms with E-state index in [0.29, 0.717) is 22.4 Å². The smallest absolute Gasteiger partial charge is 0.144 e. The van der Waals surface area contributed by atoms with Crippen molar-refractivity contribution < 1.29 is 4.21 Å². The van der Waals surface area contributed by atoms with Gasteiger partial charge in [-0.2, -0.15) is 5.26 Å². The molecule has 2 atom stereocenters. The van der Waals surface area contributed by atoms with Gasteiger partial charge in [-0.05, 0) is 31.5 Å². The van der Waals surface area contributed by atoms with Gasteiger partial charge in [0, 0.05) is 18.0 Å². The molecule has 0 spiro atoms. The highest BCUT2D eigenvalue weighted by Gasteiger charge is 2.19. The minimum Gasteiger partial charge on any atom is -0.313 e. The van der Waals surface area contributed by atoms with E-state index in [1.807, 2.05) is 6.07 Å². The van der Waals surface area contributed by atoms with Crippen molar-refractivity contribution in [3.63, 3.8) is 0 Å². The zero-order valence-corrected chi connectivity index (χ0v) is 9.67. The molecule has 0 radical (unpaired) electrons. The molecule has 1 N–H and O–H groups in total. The normalized spacial score (nSPS) is 21.6. The van der Waals surface area contributed by atoms with Crippen LogP contribution in [0, 0.1) is 11.3 Å². The first-order valence-electron chi connectivity index (χ1n) is 5.28. The number of nitriles is 1. The first-order valence-corrected chi connectivity index (χ1v) is 6.60. The van der Waals surface area contributed by atoms with Crippen LogP contribution < -0.4 is 5.32 Å². The summed E-state index contributed by atoms with van der Waals surface area (Å²) in [6.45, 7) is 0.995. The molecule has 0 aromatic carbocycles. The van der Waals surface area contributed by atoms with Crippen LogP contribution in [0.4, 0.5) is 0 Å². The maximum absolute atomic E-state index is 12.0. The maximum Gasteiger partial charge on any atom is 0.144 e. The first-order chi connectivity index (χ1) is 7.81. The summed E-state index contributed by atoms with van der Waals surface area (Å²) in [6, 6.07) is 5.67. The van der Waals surface area contributed by atoms with E-state index in [9.17, 15) is 4.21 Å². The van der Waals surface area contributed by atoms with Gasteiger partial charge in [0.1, 0.15) is 11.1 Å². The van der Waals surface area contributed by atoms with Gasteiger partial charge >= 0.3 is 0 Å². The number of nitrogens with zero attached hydrogens (tertiary/aromatic N) is 2. The zero-order chi connectivity index (χ0) is 11.4. The Morgan fingerprint density at radius 3 is 3.25 bits per heavy atom. The van der Waals surface area contributed by atoms with Crippen molar-refractivity contribution in [2.45, 2.75) is 23.9 Å². The average Bonchev–Trinajstić information content (AvgIpc) is 2.81. The number of nitrogens with one attached hydrogen (secondary N) is 1. The summed E-state index contributed by atoms with van der Waals surface area (Å²) < 4.78 is 12.0. The molecular weight excluding hydrogens is 222 g/mol. The Bertz CT molecular complexity index is 435. The van der Waals surface area contributed by atoms with Crippen LogP contribution in [0.25, 0.3) is 0 Å². The molecule has 4 nitrogen and oxygen atoms in total. The van der Waals surface area contributed by atoms with Crippen molar-refractivity contribution >= 4 is 10.8 Å². The lowest BCUT2D eigenvalue weighted by Gasteiger charge is -2.09. The van der Waals surface area contributed by atoms with Crippen LogP contribution in [0.1, 0.15) is 18.4 Å². The van der Waals surface area contributed by atoms with Gasteiger partial charge in [-0.25, -0.2) is 4.98 Å². The molecule has 1 aromatic heterocycles. The summed E-state index contributed by atoms with van der Waals surface area (Å²) >= 11 is 0. The third-order valence-electron chi connectivity index (χ3n) is 2.62. The van der Waals surface area contributed by atoms with Gasteiger partial charge in [-0.15, -0.1) is 0 Å². The molecule has 5 heteroatoms. The van der Waals surface area contributed by atoms with Gasteiger partial charge in [0.2, 0.25) is 0 Å². The summed E-state index contributed by atoms with van der Waals surface area (Å²) in [6.07, 6.45) is 3.77. The second-order valence-electron chi connectivity index (χ2n) is 3.77. The summed E-state index contributed by atoms with van der Waals surface area (Å²) in [7, 11) is -1.18. The third-order valence-corrected chi connectivity index (χ3v) is 4.08. The highest BCUT2D eigenvalue weighted by molar-refractivity contribution is 7.85. The molecule has 1 saturated heterocycles. The predicted molar refractivity (Wildman–Crippen MR) is 61.3 cm³/mol. The molecular formula is C11H13N3OS. The van der Waals surface area contributed by atoms with E-state index in [0.717, 1.165) is 19.4 Å². The molecule has 0 unspecified atom stereocenters. The van der Waals surface area contributed by atoms with E-state index in [2.05, 4.69) is 10.3 Å². The van der Waals surface area contributed by atoms with Crippen molar-refractivity contribution in [1.82, 2.24) is 10.3 Å². The van der Waals surface area contributed by atoms with Crippen LogP contribution in [0.3, 0.4) is 0 Å². The molecule has 2 heterocycles. The maximum atomic E-state index is 12.0. The first kappa shape index (κ1) is 11.2. The Balaban J connectivity index is 2.11. The van der Waals surface area contributed by atoms with Gasteiger partial charge in [-0.3, -0.25) is 4.21 Å². The number of pyridine rings is 1.